The van der Waals surface area contributed by atoms with Gasteiger partial charge in [-0.15, -0.1) is 0 Å². The summed E-state index contributed by atoms with van der Waals surface area (Å²) in [5.41, 5.74) is 0.300. The van der Waals surface area contributed by atoms with Gasteiger partial charge in [-0.1, -0.05) is 12.1 Å². The van der Waals surface area contributed by atoms with Gasteiger partial charge in [0.1, 0.15) is 11.4 Å². The van der Waals surface area contributed by atoms with Crippen molar-refractivity contribution in [1.29, 1.82) is 0 Å². The van der Waals surface area contributed by atoms with Gasteiger partial charge >= 0.3 is 0 Å². The van der Waals surface area contributed by atoms with Gasteiger partial charge in [0.05, 0.1) is 7.11 Å². The number of benzene rings is 1. The van der Waals surface area contributed by atoms with Gasteiger partial charge < -0.3 is 14.7 Å². The largest absolute Gasteiger partial charge is 0.497 e. The van der Waals surface area contributed by atoms with Crippen LogP contribution in [0.15, 0.2) is 24.3 Å². The van der Waals surface area contributed by atoms with E-state index in [0.29, 0.717) is 6.54 Å². The summed E-state index contributed by atoms with van der Waals surface area (Å²) >= 11 is 0. The molecule has 3 nitrogen and oxygen atoms in total. The molecule has 0 aromatic heterocycles. The zero-order valence-electron chi connectivity index (χ0n) is 9.23. The summed E-state index contributed by atoms with van der Waals surface area (Å²) in [7, 11) is 3.68. The average molecular weight is 207 g/mol. The molecule has 0 amide bonds. The van der Waals surface area contributed by atoms with E-state index in [0.717, 1.165) is 24.3 Å². The summed E-state index contributed by atoms with van der Waals surface area (Å²) < 4.78 is 5.09. The Balaban J connectivity index is 2.22. The Kier molecular flexibility index (Phi) is 2.67. The van der Waals surface area contributed by atoms with E-state index in [-0.39, 0.29) is 0 Å². The molecule has 3 heteroatoms. The number of ether oxygens (including phenoxy) is 1. The maximum atomic E-state index is 10.4. The molecule has 0 saturated carbocycles. The van der Waals surface area contributed by atoms with Crippen LogP contribution in [0.3, 0.4) is 0 Å². The van der Waals surface area contributed by atoms with E-state index in [1.54, 1.807) is 7.11 Å². The van der Waals surface area contributed by atoms with Gasteiger partial charge in [0.2, 0.25) is 0 Å². The van der Waals surface area contributed by atoms with Crippen LogP contribution in [0.2, 0.25) is 0 Å². The van der Waals surface area contributed by atoms with Crippen molar-refractivity contribution in [2.75, 3.05) is 27.2 Å². The van der Waals surface area contributed by atoms with Crippen molar-refractivity contribution >= 4 is 0 Å². The Morgan fingerprint density at radius 3 is 2.47 bits per heavy atom. The van der Waals surface area contributed by atoms with Gasteiger partial charge in [-0.2, -0.15) is 0 Å². The second-order valence-corrected chi connectivity index (χ2v) is 4.25. The van der Waals surface area contributed by atoms with E-state index in [1.165, 1.54) is 0 Å². The first-order chi connectivity index (χ1) is 7.14. The topological polar surface area (TPSA) is 32.7 Å². The second-order valence-electron chi connectivity index (χ2n) is 4.25. The number of nitrogens with zero attached hydrogens (tertiary/aromatic N) is 1. The van der Waals surface area contributed by atoms with Crippen molar-refractivity contribution in [3.05, 3.63) is 29.8 Å². The van der Waals surface area contributed by atoms with Crippen molar-refractivity contribution in [3.63, 3.8) is 0 Å². The minimum absolute atomic E-state index is 0.680. The van der Waals surface area contributed by atoms with Crippen LogP contribution in [0.1, 0.15) is 12.0 Å². The fourth-order valence-electron chi connectivity index (χ4n) is 2.12. The summed E-state index contributed by atoms with van der Waals surface area (Å²) in [6.45, 7) is 1.65. The van der Waals surface area contributed by atoms with E-state index in [4.69, 9.17) is 4.74 Å². The van der Waals surface area contributed by atoms with Crippen LogP contribution in [0.25, 0.3) is 0 Å². The van der Waals surface area contributed by atoms with Crippen molar-refractivity contribution in [2.45, 2.75) is 12.0 Å². The van der Waals surface area contributed by atoms with Crippen LogP contribution in [0, 0.1) is 0 Å². The van der Waals surface area contributed by atoms with Gasteiger partial charge in [0.15, 0.2) is 0 Å². The number of methoxy groups -OCH3 is 1. The van der Waals surface area contributed by atoms with Crippen molar-refractivity contribution < 1.29 is 9.84 Å². The first-order valence-corrected chi connectivity index (χ1v) is 5.19. The molecule has 0 spiro atoms. The Bertz CT molecular complexity index is 336. The standard InChI is InChI=1S/C12H17NO2/c1-13-8-7-12(14,9-13)10-3-5-11(15-2)6-4-10/h3-6,14H,7-9H2,1-2H3. The fourth-order valence-corrected chi connectivity index (χ4v) is 2.12. The number of likely N-dealkylation sites (tertiary alicyclic amines) is 1. The molecule has 1 aromatic rings. The number of hydrogen-bond acceptors (Lipinski definition) is 3. The monoisotopic (exact) mass is 207 g/mol. The number of β-amino-alcohol motifs (C(OH)–C–C–N with tert-alkyl or cyclic N) is 1. The Morgan fingerprint density at radius 2 is 2.00 bits per heavy atom. The number of likely N-dealkylation sites (N-methyl/N-ethyl adjacent to an activating group) is 1. The third-order valence-corrected chi connectivity index (χ3v) is 3.07. The van der Waals surface area contributed by atoms with Crippen LogP contribution >= 0.6 is 0 Å². The lowest BCUT2D eigenvalue weighted by Gasteiger charge is -2.23. The highest BCUT2D eigenvalue weighted by molar-refractivity contribution is 5.31. The SMILES string of the molecule is COc1ccc(C2(O)CCN(C)C2)cc1. The average Bonchev–Trinajstić information content (AvgIpc) is 2.60. The highest BCUT2D eigenvalue weighted by Gasteiger charge is 2.35. The third kappa shape index (κ3) is 1.98. The number of hydrogen-bond donors (Lipinski definition) is 1. The van der Waals surface area contributed by atoms with Crippen LogP contribution in [-0.4, -0.2) is 37.3 Å². The first-order valence-electron chi connectivity index (χ1n) is 5.19. The molecule has 1 aromatic carbocycles. The molecule has 1 atom stereocenters. The van der Waals surface area contributed by atoms with Gasteiger partial charge in [-0.05, 0) is 31.2 Å². The minimum atomic E-state index is -0.680. The number of aliphatic hydroxyl groups is 1. The second kappa shape index (κ2) is 3.83. The molecule has 1 N–H and O–H groups in total. The first kappa shape index (κ1) is 10.5. The quantitative estimate of drug-likeness (QED) is 0.791. The molecule has 0 bridgehead atoms. The summed E-state index contributed by atoms with van der Waals surface area (Å²) in [5, 5.41) is 10.4. The van der Waals surface area contributed by atoms with E-state index in [2.05, 4.69) is 4.90 Å². The summed E-state index contributed by atoms with van der Waals surface area (Å²) in [6.07, 6.45) is 0.801. The molecule has 1 aliphatic rings. The molecule has 1 aliphatic heterocycles. The van der Waals surface area contributed by atoms with E-state index >= 15 is 0 Å². The molecule has 1 saturated heterocycles. The lowest BCUT2D eigenvalue weighted by molar-refractivity contribution is 0.0488. The maximum absolute atomic E-state index is 10.4. The summed E-state index contributed by atoms with van der Waals surface area (Å²) in [6, 6.07) is 7.67. The summed E-state index contributed by atoms with van der Waals surface area (Å²) in [4.78, 5) is 2.14. The molecule has 2 rings (SSSR count). The van der Waals surface area contributed by atoms with Crippen LogP contribution in [0.5, 0.6) is 5.75 Å². The van der Waals surface area contributed by atoms with Gasteiger partial charge in [-0.25, -0.2) is 0 Å². The van der Waals surface area contributed by atoms with E-state index in [9.17, 15) is 5.11 Å². The lowest BCUT2D eigenvalue weighted by Crippen LogP contribution is -2.28. The smallest absolute Gasteiger partial charge is 0.118 e. The van der Waals surface area contributed by atoms with E-state index < -0.39 is 5.60 Å². The molecule has 1 fully saturated rings. The molecule has 1 heterocycles. The predicted octanol–water partition coefficient (Wildman–Crippen LogP) is 1.22. The molecule has 0 radical (unpaired) electrons. The Labute approximate surface area is 90.3 Å². The minimum Gasteiger partial charge on any atom is -0.497 e. The molecular weight excluding hydrogens is 190 g/mol. The molecule has 82 valence electrons. The fraction of sp³-hybridized carbons (Fsp3) is 0.500. The highest BCUT2D eigenvalue weighted by atomic mass is 16.5. The lowest BCUT2D eigenvalue weighted by atomic mass is 9.93. The Hall–Kier alpha value is -1.06. The van der Waals surface area contributed by atoms with Gasteiger partial charge in [-0.3, -0.25) is 0 Å². The Morgan fingerprint density at radius 1 is 1.33 bits per heavy atom. The zero-order valence-corrected chi connectivity index (χ0v) is 9.23. The summed E-state index contributed by atoms with van der Waals surface area (Å²) in [5.74, 6) is 0.828. The van der Waals surface area contributed by atoms with Crippen molar-refractivity contribution in [1.82, 2.24) is 4.90 Å². The maximum Gasteiger partial charge on any atom is 0.118 e. The van der Waals surface area contributed by atoms with Gasteiger partial charge in [0.25, 0.3) is 0 Å². The highest BCUT2D eigenvalue weighted by Crippen LogP contribution is 2.31. The van der Waals surface area contributed by atoms with Crippen molar-refractivity contribution in [2.24, 2.45) is 0 Å². The molecule has 0 aliphatic carbocycles. The van der Waals surface area contributed by atoms with E-state index in [1.807, 2.05) is 31.3 Å². The van der Waals surface area contributed by atoms with Crippen LogP contribution < -0.4 is 4.74 Å². The van der Waals surface area contributed by atoms with Gasteiger partial charge in [0, 0.05) is 13.1 Å². The third-order valence-electron chi connectivity index (χ3n) is 3.07. The zero-order chi connectivity index (χ0) is 10.9. The van der Waals surface area contributed by atoms with Crippen molar-refractivity contribution in [3.8, 4) is 5.75 Å². The molecule has 15 heavy (non-hydrogen) atoms. The number of rotatable bonds is 2. The predicted molar refractivity (Wildman–Crippen MR) is 59.0 cm³/mol. The van der Waals surface area contributed by atoms with Crippen LogP contribution in [0.4, 0.5) is 0 Å². The normalized spacial score (nSPS) is 26.9. The molecular formula is C12H17NO2. The van der Waals surface area contributed by atoms with Crippen LogP contribution in [-0.2, 0) is 5.60 Å². The molecule has 1 unspecified atom stereocenters.